The van der Waals surface area contributed by atoms with Gasteiger partial charge in [0.05, 0.1) is 14.2 Å². The largest absolute Gasteiger partial charge is 0.497 e. The smallest absolute Gasteiger partial charge is 0.272 e. The number of benzene rings is 6. The van der Waals surface area contributed by atoms with Crippen molar-refractivity contribution in [2.24, 2.45) is 0 Å². The molecule has 1 unspecified atom stereocenters. The lowest BCUT2D eigenvalue weighted by Gasteiger charge is -2.18. The van der Waals surface area contributed by atoms with E-state index in [9.17, 15) is 14.4 Å². The molecular weight excluding hydrogens is 725 g/mol. The van der Waals surface area contributed by atoms with Crippen LogP contribution < -0.4 is 25.4 Å². The molecule has 11 heteroatoms. The van der Waals surface area contributed by atoms with Crippen molar-refractivity contribution in [1.29, 1.82) is 0 Å². The van der Waals surface area contributed by atoms with Gasteiger partial charge >= 0.3 is 0 Å². The third-order valence-electron chi connectivity index (χ3n) is 8.65. The van der Waals surface area contributed by atoms with E-state index in [1.165, 1.54) is 18.9 Å². The third-order valence-corrected chi connectivity index (χ3v) is 9.90. The number of thioether (sulfide) groups is 1. The zero-order valence-electron chi connectivity index (χ0n) is 30.4. The van der Waals surface area contributed by atoms with Crippen molar-refractivity contribution < 1.29 is 28.3 Å². The van der Waals surface area contributed by atoms with Crippen molar-refractivity contribution in [1.82, 2.24) is 10.3 Å². The van der Waals surface area contributed by atoms with Gasteiger partial charge < -0.3 is 29.8 Å². The van der Waals surface area contributed by atoms with Crippen molar-refractivity contribution in [3.05, 3.63) is 174 Å². The standard InChI is InChI=1S/C45H36N4O6S/c1-53-35-25-22-32(40(28-35)54-2)26-38(48-42(50)30-14-7-4-8-15-30)43(51)47-34-16-11-17-36(27-34)56-41(29-12-5-3-6-13-29)44(52)46-33-23-20-31(21-24-33)45-49-37-18-9-10-19-39(37)55-45/h3-28,41H,1-2H3,(H,46,52)(H,47,51)(H,48,50)/b38-26+. The van der Waals surface area contributed by atoms with Gasteiger partial charge in [0.25, 0.3) is 11.8 Å². The second kappa shape index (κ2) is 17.4. The molecule has 7 aromatic rings. The lowest BCUT2D eigenvalue weighted by atomic mass is 10.1. The van der Waals surface area contributed by atoms with Gasteiger partial charge in [-0.2, -0.15) is 0 Å². The summed E-state index contributed by atoms with van der Waals surface area (Å²) in [5, 5.41) is 8.09. The molecular formula is C45H36N4O6S. The maximum absolute atomic E-state index is 13.9. The fourth-order valence-corrected chi connectivity index (χ4v) is 6.90. The van der Waals surface area contributed by atoms with E-state index < -0.39 is 17.1 Å². The molecule has 0 spiro atoms. The van der Waals surface area contributed by atoms with E-state index in [1.54, 1.807) is 79.9 Å². The van der Waals surface area contributed by atoms with Crippen LogP contribution in [-0.4, -0.2) is 36.9 Å². The third kappa shape index (κ3) is 8.98. The number of oxazole rings is 1. The summed E-state index contributed by atoms with van der Waals surface area (Å²) in [6, 6.07) is 45.3. The van der Waals surface area contributed by atoms with Crippen molar-refractivity contribution in [2.45, 2.75) is 10.1 Å². The Labute approximate surface area is 327 Å². The highest BCUT2D eigenvalue weighted by Crippen LogP contribution is 2.37. The first-order valence-corrected chi connectivity index (χ1v) is 18.4. The zero-order valence-corrected chi connectivity index (χ0v) is 31.2. The van der Waals surface area contributed by atoms with Gasteiger partial charge in [0.2, 0.25) is 11.8 Å². The Hall–Kier alpha value is -7.11. The van der Waals surface area contributed by atoms with Gasteiger partial charge in [-0.05, 0) is 90.5 Å². The Morgan fingerprint density at radius 3 is 2.18 bits per heavy atom. The number of carbonyl (C=O) groups is 3. The molecule has 0 aliphatic carbocycles. The van der Waals surface area contributed by atoms with Crippen LogP contribution in [0.1, 0.15) is 26.7 Å². The first-order valence-electron chi connectivity index (χ1n) is 17.6. The minimum absolute atomic E-state index is 0.0102. The van der Waals surface area contributed by atoms with Crippen LogP contribution in [0.4, 0.5) is 11.4 Å². The van der Waals surface area contributed by atoms with Crippen molar-refractivity contribution >= 4 is 58.0 Å². The van der Waals surface area contributed by atoms with Crippen LogP contribution in [0.25, 0.3) is 28.6 Å². The lowest BCUT2D eigenvalue weighted by molar-refractivity contribution is -0.116. The van der Waals surface area contributed by atoms with Crippen LogP contribution in [0.5, 0.6) is 11.5 Å². The highest BCUT2D eigenvalue weighted by Gasteiger charge is 2.23. The molecule has 1 heterocycles. The summed E-state index contributed by atoms with van der Waals surface area (Å²) < 4.78 is 16.8. The molecule has 10 nitrogen and oxygen atoms in total. The molecule has 6 aromatic carbocycles. The molecule has 0 bridgehead atoms. The molecule has 0 aliphatic rings. The number of carbonyl (C=O) groups excluding carboxylic acids is 3. The zero-order chi connectivity index (χ0) is 38.9. The van der Waals surface area contributed by atoms with E-state index in [0.29, 0.717) is 45.5 Å². The monoisotopic (exact) mass is 760 g/mol. The van der Waals surface area contributed by atoms with Crippen LogP contribution in [0, 0.1) is 0 Å². The summed E-state index contributed by atoms with van der Waals surface area (Å²) in [4.78, 5) is 46.4. The average molecular weight is 761 g/mol. The molecule has 56 heavy (non-hydrogen) atoms. The second-order valence-corrected chi connectivity index (χ2v) is 13.6. The van der Waals surface area contributed by atoms with Crippen LogP contribution in [0.2, 0.25) is 0 Å². The SMILES string of the molecule is COc1ccc(/C=C(/NC(=O)c2ccccc2)C(=O)Nc2cccc(SC(C(=O)Nc3ccc(-c4nc5ccccc5o4)cc3)c3ccccc3)c2)c(OC)c1. The summed E-state index contributed by atoms with van der Waals surface area (Å²) >= 11 is 1.34. The fraction of sp³-hybridized carbons (Fsp3) is 0.0667. The second-order valence-electron chi connectivity index (χ2n) is 12.4. The Balaban J connectivity index is 1.10. The Bertz CT molecular complexity index is 2490. The number of hydrogen-bond acceptors (Lipinski definition) is 8. The van der Waals surface area contributed by atoms with Crippen LogP contribution in [0.3, 0.4) is 0 Å². The van der Waals surface area contributed by atoms with Crippen LogP contribution in [-0.2, 0) is 9.59 Å². The Morgan fingerprint density at radius 1 is 0.714 bits per heavy atom. The minimum atomic E-state index is -0.637. The molecule has 1 aromatic heterocycles. The van der Waals surface area contributed by atoms with Gasteiger partial charge in [0.15, 0.2) is 5.58 Å². The quantitative estimate of drug-likeness (QED) is 0.0783. The number of amides is 3. The van der Waals surface area contributed by atoms with E-state index in [4.69, 9.17) is 13.9 Å². The van der Waals surface area contributed by atoms with Crippen molar-refractivity contribution in [3.8, 4) is 23.0 Å². The molecule has 0 fully saturated rings. The van der Waals surface area contributed by atoms with E-state index in [-0.39, 0.29) is 11.6 Å². The number of fused-ring (bicyclic) bond motifs is 1. The lowest BCUT2D eigenvalue weighted by Crippen LogP contribution is -2.30. The summed E-state index contributed by atoms with van der Waals surface area (Å²) in [6.07, 6.45) is 1.54. The molecule has 0 radical (unpaired) electrons. The number of methoxy groups -OCH3 is 2. The molecule has 7 rings (SSSR count). The molecule has 3 amide bonds. The first-order chi connectivity index (χ1) is 27.4. The van der Waals surface area contributed by atoms with Gasteiger partial charge in [-0.3, -0.25) is 14.4 Å². The molecule has 1 atom stereocenters. The van der Waals surface area contributed by atoms with Gasteiger partial charge in [0.1, 0.15) is 28.0 Å². The van der Waals surface area contributed by atoms with Crippen LogP contribution >= 0.6 is 11.8 Å². The van der Waals surface area contributed by atoms with Crippen LogP contribution in [0.15, 0.2) is 167 Å². The van der Waals surface area contributed by atoms with E-state index in [1.807, 2.05) is 84.9 Å². The maximum atomic E-state index is 13.9. The van der Waals surface area contributed by atoms with Crippen molar-refractivity contribution in [3.63, 3.8) is 0 Å². The van der Waals surface area contributed by atoms with E-state index in [2.05, 4.69) is 20.9 Å². The molecule has 0 saturated carbocycles. The molecule has 0 aliphatic heterocycles. The predicted octanol–water partition coefficient (Wildman–Crippen LogP) is 9.39. The number of aromatic nitrogens is 1. The molecule has 3 N–H and O–H groups in total. The van der Waals surface area contributed by atoms with Gasteiger partial charge in [-0.1, -0.05) is 66.7 Å². The first kappa shape index (κ1) is 37.2. The minimum Gasteiger partial charge on any atom is -0.497 e. The summed E-state index contributed by atoms with van der Waals surface area (Å²) in [6.45, 7) is 0. The number of anilines is 2. The number of hydrogen-bond donors (Lipinski definition) is 3. The Kier molecular flexibility index (Phi) is 11.5. The summed E-state index contributed by atoms with van der Waals surface area (Å²) in [7, 11) is 3.06. The van der Waals surface area contributed by atoms with E-state index in [0.717, 1.165) is 21.5 Å². The van der Waals surface area contributed by atoms with Gasteiger partial charge in [0, 0.05) is 39.0 Å². The number of ether oxygens (including phenoxy) is 2. The normalized spacial score (nSPS) is 11.7. The number of nitrogens with zero attached hydrogens (tertiary/aromatic N) is 1. The number of nitrogens with one attached hydrogen (secondary N) is 3. The van der Waals surface area contributed by atoms with E-state index >= 15 is 0 Å². The number of para-hydroxylation sites is 2. The molecule has 0 saturated heterocycles. The summed E-state index contributed by atoms with van der Waals surface area (Å²) in [5.41, 5.74) is 5.06. The fourth-order valence-electron chi connectivity index (χ4n) is 5.82. The van der Waals surface area contributed by atoms with Crippen molar-refractivity contribution in [2.75, 3.05) is 24.9 Å². The van der Waals surface area contributed by atoms with Gasteiger partial charge in [-0.25, -0.2) is 4.98 Å². The van der Waals surface area contributed by atoms with Gasteiger partial charge in [-0.15, -0.1) is 11.8 Å². The Morgan fingerprint density at radius 2 is 1.45 bits per heavy atom. The summed E-state index contributed by atoms with van der Waals surface area (Å²) in [5.74, 6) is 0.271. The highest BCUT2D eigenvalue weighted by atomic mass is 32.2. The molecule has 278 valence electrons. The predicted molar refractivity (Wildman–Crippen MR) is 220 cm³/mol. The number of rotatable bonds is 13. The topological polar surface area (TPSA) is 132 Å². The average Bonchev–Trinajstić information content (AvgIpc) is 3.68. The highest BCUT2D eigenvalue weighted by molar-refractivity contribution is 8.00. The maximum Gasteiger partial charge on any atom is 0.272 e.